The molecule has 0 aliphatic rings. The van der Waals surface area contributed by atoms with Gasteiger partial charge in [-0.1, -0.05) is 375 Å². The third-order valence-corrected chi connectivity index (χ3v) is 20.9. The molecule has 0 aromatic carbocycles. The molecular formula is C81H158O17P2. The molecule has 100 heavy (non-hydrogen) atoms. The summed E-state index contributed by atoms with van der Waals surface area (Å²) >= 11 is 0. The average molecular weight is 1470 g/mol. The monoisotopic (exact) mass is 1470 g/mol. The van der Waals surface area contributed by atoms with E-state index in [-0.39, 0.29) is 25.7 Å². The van der Waals surface area contributed by atoms with Crippen molar-refractivity contribution >= 4 is 39.5 Å². The summed E-state index contributed by atoms with van der Waals surface area (Å²) in [6.07, 6.45) is 62.4. The van der Waals surface area contributed by atoms with E-state index in [1.54, 1.807) is 0 Å². The normalized spacial score (nSPS) is 13.9. The number of phosphoric acid groups is 2. The second-order valence-corrected chi connectivity index (χ2v) is 33.0. The molecule has 0 spiro atoms. The molecule has 0 rings (SSSR count). The lowest BCUT2D eigenvalue weighted by molar-refractivity contribution is -0.161. The summed E-state index contributed by atoms with van der Waals surface area (Å²) < 4.78 is 68.7. The summed E-state index contributed by atoms with van der Waals surface area (Å²) in [6, 6.07) is 0. The number of unbranched alkanes of at least 4 members (excludes halogenated alkanes) is 50. The zero-order valence-corrected chi connectivity index (χ0v) is 67.3. The van der Waals surface area contributed by atoms with Gasteiger partial charge in [-0.25, -0.2) is 9.13 Å². The standard InChI is InChI=1S/C81H158O17P2/c1-7-9-11-13-15-17-19-21-22-23-24-25-26-27-28-29-33-41-47-53-59-65-80(85)97-76(69-92-79(84)64-58-52-46-40-34-30-31-37-43-49-55-61-73(3)4)71-95-99(87,88)93-67-75(82)68-94-100(89,90)96-72-77(70-91-78(83)63-57-51-45-39-32-20-18-16-14-12-10-8-2)98-81(86)66-60-54-48-42-36-35-38-44-50-56-62-74(5)6/h73-77,82H,7-72H2,1-6H3,(H,87,88)(H,89,90)/t75-,76-,77-/m1/s1. The molecule has 5 atom stereocenters. The van der Waals surface area contributed by atoms with E-state index < -0.39 is 97.5 Å². The smallest absolute Gasteiger partial charge is 0.462 e. The molecule has 0 fully saturated rings. The van der Waals surface area contributed by atoms with E-state index in [1.807, 2.05) is 0 Å². The zero-order chi connectivity index (χ0) is 73.5. The molecule has 2 unspecified atom stereocenters. The van der Waals surface area contributed by atoms with Gasteiger partial charge in [-0.15, -0.1) is 0 Å². The molecule has 19 heteroatoms. The van der Waals surface area contributed by atoms with Crippen LogP contribution < -0.4 is 0 Å². The van der Waals surface area contributed by atoms with Crippen LogP contribution in [0.1, 0.15) is 427 Å². The fourth-order valence-corrected chi connectivity index (χ4v) is 14.1. The lowest BCUT2D eigenvalue weighted by Crippen LogP contribution is -2.30. The van der Waals surface area contributed by atoms with Gasteiger partial charge in [0.1, 0.15) is 19.3 Å². The highest BCUT2D eigenvalue weighted by atomic mass is 31.2. The van der Waals surface area contributed by atoms with Gasteiger partial charge in [-0.3, -0.25) is 37.3 Å². The molecule has 0 heterocycles. The molecule has 3 N–H and O–H groups in total. The minimum atomic E-state index is -4.96. The minimum Gasteiger partial charge on any atom is -0.462 e. The quantitative estimate of drug-likeness (QED) is 0.0222. The van der Waals surface area contributed by atoms with Gasteiger partial charge < -0.3 is 33.8 Å². The van der Waals surface area contributed by atoms with Gasteiger partial charge >= 0.3 is 39.5 Å². The first-order chi connectivity index (χ1) is 48.4. The van der Waals surface area contributed by atoms with Crippen molar-refractivity contribution in [2.45, 2.75) is 445 Å². The molecule has 0 aromatic heterocycles. The number of aliphatic hydroxyl groups is 1. The molecule has 594 valence electrons. The first-order valence-corrected chi connectivity index (χ1v) is 45.0. The Balaban J connectivity index is 5.23. The number of hydrogen-bond donors (Lipinski definition) is 3. The molecule has 0 aromatic rings. The Morgan fingerprint density at radius 2 is 0.460 bits per heavy atom. The molecule has 0 saturated carbocycles. The van der Waals surface area contributed by atoms with E-state index in [0.717, 1.165) is 102 Å². The van der Waals surface area contributed by atoms with Crippen LogP contribution in [0, 0.1) is 11.8 Å². The van der Waals surface area contributed by atoms with E-state index in [9.17, 15) is 43.2 Å². The topological polar surface area (TPSA) is 237 Å². The largest absolute Gasteiger partial charge is 0.472 e. The van der Waals surface area contributed by atoms with E-state index >= 15 is 0 Å². The van der Waals surface area contributed by atoms with Crippen molar-refractivity contribution in [2.24, 2.45) is 11.8 Å². The number of ether oxygens (including phenoxy) is 4. The van der Waals surface area contributed by atoms with E-state index in [0.29, 0.717) is 25.7 Å². The van der Waals surface area contributed by atoms with Crippen LogP contribution in [0.15, 0.2) is 0 Å². The number of esters is 4. The molecule has 0 radical (unpaired) electrons. The molecule has 0 aliphatic heterocycles. The van der Waals surface area contributed by atoms with Crippen LogP contribution >= 0.6 is 15.6 Å². The predicted octanol–water partition coefficient (Wildman–Crippen LogP) is 24.3. The van der Waals surface area contributed by atoms with Gasteiger partial charge in [0.15, 0.2) is 12.2 Å². The van der Waals surface area contributed by atoms with Crippen molar-refractivity contribution in [3.8, 4) is 0 Å². The van der Waals surface area contributed by atoms with Crippen LogP contribution in [0.4, 0.5) is 0 Å². The number of hydrogen-bond acceptors (Lipinski definition) is 15. The number of phosphoric ester groups is 2. The van der Waals surface area contributed by atoms with Crippen molar-refractivity contribution in [2.75, 3.05) is 39.6 Å². The van der Waals surface area contributed by atoms with Gasteiger partial charge in [0, 0.05) is 25.7 Å². The van der Waals surface area contributed by atoms with Crippen LogP contribution in [0.25, 0.3) is 0 Å². The fraction of sp³-hybridized carbons (Fsp3) is 0.951. The van der Waals surface area contributed by atoms with Gasteiger partial charge in [-0.05, 0) is 37.5 Å². The van der Waals surface area contributed by atoms with Gasteiger partial charge in [0.2, 0.25) is 0 Å². The number of carbonyl (C=O) groups is 4. The molecule has 0 aliphatic carbocycles. The third kappa shape index (κ3) is 74.3. The van der Waals surface area contributed by atoms with Crippen molar-refractivity contribution in [3.05, 3.63) is 0 Å². The summed E-state index contributed by atoms with van der Waals surface area (Å²) in [5.41, 5.74) is 0. The minimum absolute atomic E-state index is 0.106. The zero-order valence-electron chi connectivity index (χ0n) is 65.5. The summed E-state index contributed by atoms with van der Waals surface area (Å²) in [6.45, 7) is 9.63. The Morgan fingerprint density at radius 3 is 0.680 bits per heavy atom. The van der Waals surface area contributed by atoms with Crippen molar-refractivity contribution in [1.29, 1.82) is 0 Å². The van der Waals surface area contributed by atoms with Crippen molar-refractivity contribution in [1.82, 2.24) is 0 Å². The Morgan fingerprint density at radius 1 is 0.270 bits per heavy atom. The van der Waals surface area contributed by atoms with Crippen LogP contribution in [-0.2, 0) is 65.4 Å². The maximum Gasteiger partial charge on any atom is 0.472 e. The van der Waals surface area contributed by atoms with Crippen LogP contribution in [0.2, 0.25) is 0 Å². The first-order valence-electron chi connectivity index (χ1n) is 42.0. The van der Waals surface area contributed by atoms with E-state index in [2.05, 4.69) is 41.5 Å². The highest BCUT2D eigenvalue weighted by molar-refractivity contribution is 7.47. The van der Waals surface area contributed by atoms with Gasteiger partial charge in [-0.2, -0.15) is 0 Å². The van der Waals surface area contributed by atoms with Crippen molar-refractivity contribution in [3.63, 3.8) is 0 Å². The fourth-order valence-electron chi connectivity index (χ4n) is 12.5. The summed E-state index contributed by atoms with van der Waals surface area (Å²) in [5.74, 6) is -0.586. The van der Waals surface area contributed by atoms with Crippen LogP contribution in [0.5, 0.6) is 0 Å². The maximum atomic E-state index is 13.1. The second-order valence-electron chi connectivity index (χ2n) is 30.1. The molecule has 0 amide bonds. The first kappa shape index (κ1) is 98.1. The van der Waals surface area contributed by atoms with Crippen LogP contribution in [0.3, 0.4) is 0 Å². The highest BCUT2D eigenvalue weighted by Crippen LogP contribution is 2.45. The van der Waals surface area contributed by atoms with Crippen LogP contribution in [-0.4, -0.2) is 96.7 Å². The Labute approximate surface area is 613 Å². The Hall–Kier alpha value is -1.94. The lowest BCUT2D eigenvalue weighted by atomic mass is 10.0. The molecule has 0 saturated heterocycles. The lowest BCUT2D eigenvalue weighted by Gasteiger charge is -2.21. The summed E-state index contributed by atoms with van der Waals surface area (Å²) in [7, 11) is -9.92. The Bertz CT molecular complexity index is 1920. The number of carbonyl (C=O) groups excluding carboxylic acids is 4. The van der Waals surface area contributed by atoms with Gasteiger partial charge in [0.25, 0.3) is 0 Å². The highest BCUT2D eigenvalue weighted by Gasteiger charge is 2.30. The number of rotatable bonds is 80. The van der Waals surface area contributed by atoms with Crippen molar-refractivity contribution < 1.29 is 80.2 Å². The molecule has 0 bridgehead atoms. The summed E-state index contributed by atoms with van der Waals surface area (Å²) in [4.78, 5) is 73.0. The molecule has 17 nitrogen and oxygen atoms in total. The number of aliphatic hydroxyl groups excluding tert-OH is 1. The SMILES string of the molecule is CCCCCCCCCCCCCCCCCCCCCCCC(=O)O[C@H](COC(=O)CCCCCCCCCCCCCC(C)C)COP(=O)(O)OC[C@@H](O)COP(=O)(O)OC[C@@H](COC(=O)CCCCCCCCCCCCCC)OC(=O)CCCCCCCCCCCCC(C)C. The second kappa shape index (κ2) is 72.6. The molecular weight excluding hydrogens is 1310 g/mol. The maximum absolute atomic E-state index is 13.1. The summed E-state index contributed by atoms with van der Waals surface area (Å²) in [5, 5.41) is 10.6. The average Bonchev–Trinajstić information content (AvgIpc) is 0.938. The predicted molar refractivity (Wildman–Crippen MR) is 409 cm³/mol. The third-order valence-electron chi connectivity index (χ3n) is 19.0. The Kier molecular flexibility index (Phi) is 71.2. The van der Waals surface area contributed by atoms with E-state index in [1.165, 1.54) is 244 Å². The van der Waals surface area contributed by atoms with E-state index in [4.69, 9.17) is 37.0 Å². The van der Waals surface area contributed by atoms with Gasteiger partial charge in [0.05, 0.1) is 26.4 Å².